The third-order valence-corrected chi connectivity index (χ3v) is 9.26. The normalized spacial score (nSPS) is 21.0. The fraction of sp³-hybridized carbons (Fsp3) is 0.455. The van der Waals surface area contributed by atoms with Crippen molar-refractivity contribution in [1.82, 2.24) is 24.8 Å². The molecule has 1 aromatic carbocycles. The lowest BCUT2D eigenvalue weighted by atomic mass is 10.0. The first-order chi connectivity index (χ1) is 22.9. The van der Waals surface area contributed by atoms with E-state index in [1.165, 1.54) is 12.1 Å². The number of piperazine rings is 1. The van der Waals surface area contributed by atoms with Crippen LogP contribution < -0.4 is 20.7 Å². The van der Waals surface area contributed by atoms with Gasteiger partial charge in [-0.1, -0.05) is 6.08 Å². The fourth-order valence-corrected chi connectivity index (χ4v) is 6.37. The van der Waals surface area contributed by atoms with Gasteiger partial charge in [0.05, 0.1) is 35.7 Å². The summed E-state index contributed by atoms with van der Waals surface area (Å²) in [7, 11) is 1.99. The smallest absolute Gasteiger partial charge is 0.379 e. The predicted molar refractivity (Wildman–Crippen MR) is 174 cm³/mol. The molecule has 15 heteroatoms. The lowest BCUT2D eigenvalue weighted by Gasteiger charge is -2.44. The lowest BCUT2D eigenvalue weighted by molar-refractivity contribution is -0.138. The van der Waals surface area contributed by atoms with E-state index in [-0.39, 0.29) is 29.9 Å². The van der Waals surface area contributed by atoms with Crippen molar-refractivity contribution in [3.05, 3.63) is 81.3 Å². The molecule has 11 nitrogen and oxygen atoms in total. The van der Waals surface area contributed by atoms with Gasteiger partial charge in [-0.2, -0.15) is 13.2 Å². The van der Waals surface area contributed by atoms with E-state index in [1.54, 1.807) is 12.4 Å². The van der Waals surface area contributed by atoms with E-state index in [4.69, 9.17) is 4.74 Å². The third-order valence-electron chi connectivity index (χ3n) is 9.26. The minimum Gasteiger partial charge on any atom is -0.379 e. The van der Waals surface area contributed by atoms with Crippen molar-refractivity contribution < 1.29 is 27.1 Å². The van der Waals surface area contributed by atoms with Crippen molar-refractivity contribution in [2.75, 3.05) is 74.6 Å². The zero-order valence-electron chi connectivity index (χ0n) is 27.0. The number of halogens is 4. The number of rotatable bonds is 7. The molecule has 2 atom stereocenters. The maximum Gasteiger partial charge on any atom is 0.417 e. The zero-order valence-corrected chi connectivity index (χ0v) is 27.0. The summed E-state index contributed by atoms with van der Waals surface area (Å²) in [5, 5.41) is 2.61. The summed E-state index contributed by atoms with van der Waals surface area (Å²) >= 11 is 0. The second-order valence-corrected chi connectivity index (χ2v) is 12.6. The molecule has 0 bridgehead atoms. The number of likely N-dealkylation sites (N-methyl/N-ethyl adjacent to an activating group) is 1. The standard InChI is InChI=1S/C33H38F4N8O3/c1-20-16-45(17-21(2)42(20)3)29-12-27(34)24(10-28(29)41-31(47)25-15-38-30(46)11-26(25)33(35,36)37)23-4-5-44(19-23)32-39-13-22(14-40-32)18-43-6-8-48-9-7-43/h4,10-15,20-21H,5-9,16-19H2,1-3H3,(H,38,46)(H,41,47)/t20-,21?/m1/s1. The van der Waals surface area contributed by atoms with E-state index in [0.29, 0.717) is 62.7 Å². The van der Waals surface area contributed by atoms with Crippen LogP contribution in [0.3, 0.4) is 0 Å². The largest absolute Gasteiger partial charge is 0.417 e. The number of alkyl halides is 3. The van der Waals surface area contributed by atoms with E-state index in [0.717, 1.165) is 24.8 Å². The van der Waals surface area contributed by atoms with Crippen LogP contribution in [0.15, 0.2) is 47.7 Å². The molecular formula is C33H38F4N8O3. The average Bonchev–Trinajstić information content (AvgIpc) is 3.54. The molecule has 0 aliphatic carbocycles. The second kappa shape index (κ2) is 13.6. The van der Waals surface area contributed by atoms with Crippen molar-refractivity contribution >= 4 is 28.8 Å². The molecule has 2 fully saturated rings. The van der Waals surface area contributed by atoms with Gasteiger partial charge in [0.1, 0.15) is 5.82 Å². The van der Waals surface area contributed by atoms with Crippen LogP contribution in [0.1, 0.15) is 40.9 Å². The molecular weight excluding hydrogens is 632 g/mol. The van der Waals surface area contributed by atoms with Crippen LogP contribution in [0.5, 0.6) is 0 Å². The number of nitrogens with zero attached hydrogens (tertiary/aromatic N) is 6. The van der Waals surface area contributed by atoms with Crippen LogP contribution in [0.2, 0.25) is 0 Å². The number of benzene rings is 1. The Balaban J connectivity index is 1.27. The van der Waals surface area contributed by atoms with Gasteiger partial charge in [-0.15, -0.1) is 0 Å². The van der Waals surface area contributed by atoms with Crippen LogP contribution in [-0.4, -0.2) is 102 Å². The van der Waals surface area contributed by atoms with Gasteiger partial charge in [0.15, 0.2) is 0 Å². The van der Waals surface area contributed by atoms with Gasteiger partial charge in [0.25, 0.3) is 5.91 Å². The molecule has 2 aromatic heterocycles. The molecule has 0 radical (unpaired) electrons. The number of ether oxygens (including phenoxy) is 1. The number of nitrogens with one attached hydrogen (secondary N) is 2. The summed E-state index contributed by atoms with van der Waals surface area (Å²) < 4.78 is 62.9. The maximum atomic E-state index is 16.0. The van der Waals surface area contributed by atoms with Gasteiger partial charge < -0.3 is 24.8 Å². The summed E-state index contributed by atoms with van der Waals surface area (Å²) in [5.74, 6) is -1.13. The van der Waals surface area contributed by atoms with Gasteiger partial charge in [-0.05, 0) is 38.6 Å². The molecule has 6 rings (SSSR count). The van der Waals surface area contributed by atoms with Crippen LogP contribution in [0, 0.1) is 5.82 Å². The number of hydrogen-bond acceptors (Lipinski definition) is 9. The number of aromatic amines is 1. The van der Waals surface area contributed by atoms with Gasteiger partial charge in [0.2, 0.25) is 11.5 Å². The molecule has 0 saturated carbocycles. The first-order valence-electron chi connectivity index (χ1n) is 15.8. The molecule has 2 saturated heterocycles. The first kappa shape index (κ1) is 33.6. The van der Waals surface area contributed by atoms with E-state index in [2.05, 4.69) is 30.1 Å². The molecule has 5 heterocycles. The monoisotopic (exact) mass is 670 g/mol. The highest BCUT2D eigenvalue weighted by atomic mass is 19.4. The Morgan fingerprint density at radius 1 is 1.06 bits per heavy atom. The lowest BCUT2D eigenvalue weighted by Crippen LogP contribution is -2.55. The van der Waals surface area contributed by atoms with Crippen molar-refractivity contribution in [2.45, 2.75) is 38.7 Å². The van der Waals surface area contributed by atoms with Crippen LogP contribution in [0.4, 0.5) is 34.9 Å². The van der Waals surface area contributed by atoms with E-state index < -0.39 is 34.6 Å². The van der Waals surface area contributed by atoms with Crippen molar-refractivity contribution in [3.8, 4) is 0 Å². The molecule has 48 heavy (non-hydrogen) atoms. The average molecular weight is 671 g/mol. The third kappa shape index (κ3) is 7.22. The molecule has 3 aliphatic rings. The molecule has 256 valence electrons. The highest BCUT2D eigenvalue weighted by Gasteiger charge is 2.36. The van der Waals surface area contributed by atoms with Crippen molar-refractivity contribution in [1.29, 1.82) is 0 Å². The van der Waals surface area contributed by atoms with Gasteiger partial charge in [-0.3, -0.25) is 19.4 Å². The maximum absolute atomic E-state index is 16.0. The molecule has 1 unspecified atom stereocenters. The molecule has 1 amide bonds. The Labute approximate surface area is 275 Å². The van der Waals surface area contributed by atoms with Crippen molar-refractivity contribution in [2.24, 2.45) is 0 Å². The number of H-pyrrole nitrogens is 1. The number of hydrogen-bond donors (Lipinski definition) is 2. The van der Waals surface area contributed by atoms with Crippen LogP contribution >= 0.6 is 0 Å². The summed E-state index contributed by atoms with van der Waals surface area (Å²) in [6.07, 6.45) is 1.21. The number of carbonyl (C=O) groups is 1. The molecule has 0 spiro atoms. The highest BCUT2D eigenvalue weighted by molar-refractivity contribution is 6.07. The van der Waals surface area contributed by atoms with Crippen molar-refractivity contribution in [3.63, 3.8) is 0 Å². The fourth-order valence-electron chi connectivity index (χ4n) is 6.37. The number of amides is 1. The highest BCUT2D eigenvalue weighted by Crippen LogP contribution is 2.37. The summed E-state index contributed by atoms with van der Waals surface area (Å²) in [5.41, 5.74) is -0.800. The number of morpholine rings is 1. The van der Waals surface area contributed by atoms with E-state index in [9.17, 15) is 22.8 Å². The topological polar surface area (TPSA) is 110 Å². The number of anilines is 3. The predicted octanol–water partition coefficient (Wildman–Crippen LogP) is 3.84. The Bertz CT molecular complexity index is 1730. The quantitative estimate of drug-likeness (QED) is 0.363. The van der Waals surface area contributed by atoms with Crippen LogP contribution in [0.25, 0.3) is 5.57 Å². The molecule has 2 N–H and O–H groups in total. The summed E-state index contributed by atoms with van der Waals surface area (Å²) in [4.78, 5) is 44.6. The minimum atomic E-state index is -4.94. The Morgan fingerprint density at radius 2 is 1.75 bits per heavy atom. The van der Waals surface area contributed by atoms with Gasteiger partial charge >= 0.3 is 6.18 Å². The van der Waals surface area contributed by atoms with Crippen LogP contribution in [-0.2, 0) is 17.5 Å². The Hall–Kier alpha value is -4.34. The summed E-state index contributed by atoms with van der Waals surface area (Å²) in [6, 6.07) is 3.32. The Morgan fingerprint density at radius 3 is 2.42 bits per heavy atom. The molecule has 3 aliphatic heterocycles. The summed E-state index contributed by atoms with van der Waals surface area (Å²) in [6.45, 7) is 9.55. The number of pyridine rings is 1. The zero-order chi connectivity index (χ0) is 34.2. The second-order valence-electron chi connectivity index (χ2n) is 12.6. The SMILES string of the molecule is CC1CN(c2cc(F)c(C3=CCN(c4ncc(CN5CCOCC5)cn4)C3)cc2NC(=O)c2c[nH]c(=O)cc2C(F)(F)F)C[C@@H](C)N1C. The minimum absolute atomic E-state index is 0.0856. The Kier molecular flexibility index (Phi) is 9.54. The van der Waals surface area contributed by atoms with Gasteiger partial charge in [0, 0.05) is 93.7 Å². The van der Waals surface area contributed by atoms with Gasteiger partial charge in [-0.25, -0.2) is 14.4 Å². The first-order valence-corrected chi connectivity index (χ1v) is 15.8. The van der Waals surface area contributed by atoms with E-state index in [1.807, 2.05) is 36.8 Å². The molecule has 3 aromatic rings. The number of carbonyl (C=O) groups excluding carboxylic acids is 1. The van der Waals surface area contributed by atoms with E-state index >= 15 is 4.39 Å². The number of aromatic nitrogens is 3.